The quantitative estimate of drug-likeness (QED) is 0.487. The van der Waals surface area contributed by atoms with E-state index in [0.717, 1.165) is 10.0 Å². The molecule has 0 fully saturated rings. The van der Waals surface area contributed by atoms with E-state index >= 15 is 0 Å². The molecule has 1 N–H and O–H groups in total. The fourth-order valence-corrected chi connectivity index (χ4v) is 2.91. The summed E-state index contributed by atoms with van der Waals surface area (Å²) < 4.78 is 6.95. The highest BCUT2D eigenvalue weighted by Gasteiger charge is 2.18. The molecule has 27 heavy (non-hydrogen) atoms. The van der Waals surface area contributed by atoms with Gasteiger partial charge in [0.15, 0.2) is 5.69 Å². The highest BCUT2D eigenvalue weighted by Crippen LogP contribution is 2.38. The third kappa shape index (κ3) is 4.22. The van der Waals surface area contributed by atoms with Crippen molar-refractivity contribution in [2.24, 2.45) is 10.2 Å². The molecule has 0 unspecified atom stereocenters. The largest absolute Gasteiger partial charge is 0.493 e. The summed E-state index contributed by atoms with van der Waals surface area (Å²) in [7, 11) is 1.27. The molecule has 8 heteroatoms. The third-order valence-electron chi connectivity index (χ3n) is 3.96. The number of aromatic nitrogens is 1. The van der Waals surface area contributed by atoms with Gasteiger partial charge in [-0.3, -0.25) is 14.2 Å². The van der Waals surface area contributed by atoms with Crippen LogP contribution in [0.4, 0.5) is 5.69 Å². The molecule has 3 rings (SSSR count). The van der Waals surface area contributed by atoms with E-state index in [9.17, 15) is 14.7 Å². The summed E-state index contributed by atoms with van der Waals surface area (Å²) in [5.41, 5.74) is 1.54. The molecule has 1 aromatic heterocycles. The van der Waals surface area contributed by atoms with Crippen molar-refractivity contribution in [2.75, 3.05) is 7.11 Å². The minimum atomic E-state index is -0.513. The van der Waals surface area contributed by atoms with Crippen LogP contribution in [0.5, 0.6) is 5.88 Å². The van der Waals surface area contributed by atoms with Crippen LogP contribution in [-0.4, -0.2) is 28.7 Å². The van der Waals surface area contributed by atoms with Crippen molar-refractivity contribution in [1.29, 1.82) is 0 Å². The number of methoxy groups -OCH3 is 1. The fraction of sp³-hybridized carbons (Fsp3) is 0.158. The number of hydrogen-bond acceptors (Lipinski definition) is 5. The van der Waals surface area contributed by atoms with E-state index in [1.54, 1.807) is 24.3 Å². The third-order valence-corrected chi connectivity index (χ3v) is 4.49. The van der Waals surface area contributed by atoms with Crippen molar-refractivity contribution >= 4 is 44.4 Å². The van der Waals surface area contributed by atoms with Gasteiger partial charge < -0.3 is 9.84 Å². The Balaban J connectivity index is 1.88. The normalized spacial score (nSPS) is 11.2. The Morgan fingerprint density at radius 3 is 2.56 bits per heavy atom. The Labute approximate surface area is 163 Å². The lowest BCUT2D eigenvalue weighted by molar-refractivity contribution is -0.141. The van der Waals surface area contributed by atoms with E-state index in [1.165, 1.54) is 11.7 Å². The summed E-state index contributed by atoms with van der Waals surface area (Å²) in [5.74, 6) is -1.20. The SMILES string of the molecule is COC(=O)Cn1c(O)c(N=NC(=O)Cc2ccc(Br)cc2)c2ccccc21. The van der Waals surface area contributed by atoms with Crippen LogP contribution in [0, 0.1) is 0 Å². The second kappa shape index (κ2) is 8.13. The molecule has 1 heterocycles. The maximum atomic E-state index is 12.1. The standard InChI is InChI=1S/C19H16BrN3O4/c1-27-17(25)11-23-15-5-3-2-4-14(15)18(19(23)26)22-21-16(24)10-12-6-8-13(20)9-7-12/h2-9,26H,10-11H2,1H3. The number of amides is 1. The van der Waals surface area contributed by atoms with E-state index in [4.69, 9.17) is 0 Å². The fourth-order valence-electron chi connectivity index (χ4n) is 2.64. The summed E-state index contributed by atoms with van der Waals surface area (Å²) in [6.07, 6.45) is 0.0956. The minimum absolute atomic E-state index is 0.0956. The highest BCUT2D eigenvalue weighted by atomic mass is 79.9. The van der Waals surface area contributed by atoms with Gasteiger partial charge in [-0.05, 0) is 23.8 Å². The zero-order chi connectivity index (χ0) is 19.4. The first kappa shape index (κ1) is 18.8. The predicted molar refractivity (Wildman–Crippen MR) is 103 cm³/mol. The molecule has 0 aliphatic rings. The highest BCUT2D eigenvalue weighted by molar-refractivity contribution is 9.10. The van der Waals surface area contributed by atoms with Crippen LogP contribution in [0.15, 0.2) is 63.2 Å². The van der Waals surface area contributed by atoms with Gasteiger partial charge in [0, 0.05) is 9.86 Å². The Hall–Kier alpha value is -3.00. The molecule has 7 nitrogen and oxygen atoms in total. The molecule has 0 spiro atoms. The van der Waals surface area contributed by atoms with Gasteiger partial charge >= 0.3 is 5.97 Å². The van der Waals surface area contributed by atoms with Crippen LogP contribution in [-0.2, 0) is 27.3 Å². The van der Waals surface area contributed by atoms with E-state index < -0.39 is 11.9 Å². The second-order valence-corrected chi connectivity index (χ2v) is 6.66. The van der Waals surface area contributed by atoms with Crippen molar-refractivity contribution in [3.8, 4) is 5.88 Å². The van der Waals surface area contributed by atoms with Crippen molar-refractivity contribution in [3.63, 3.8) is 0 Å². The number of azo groups is 1. The second-order valence-electron chi connectivity index (χ2n) is 5.75. The number of hydrogen-bond donors (Lipinski definition) is 1. The molecule has 0 aliphatic carbocycles. The van der Waals surface area contributed by atoms with Crippen LogP contribution < -0.4 is 0 Å². The van der Waals surface area contributed by atoms with Crippen LogP contribution in [0.3, 0.4) is 0 Å². The van der Waals surface area contributed by atoms with Crippen LogP contribution in [0.25, 0.3) is 10.9 Å². The monoisotopic (exact) mass is 429 g/mol. The molecule has 0 atom stereocenters. The van der Waals surface area contributed by atoms with Crippen LogP contribution in [0.2, 0.25) is 0 Å². The summed E-state index contributed by atoms with van der Waals surface area (Å²) >= 11 is 3.34. The van der Waals surface area contributed by atoms with Crippen molar-refractivity contribution in [2.45, 2.75) is 13.0 Å². The van der Waals surface area contributed by atoms with Gasteiger partial charge in [-0.25, -0.2) is 0 Å². The van der Waals surface area contributed by atoms with E-state index in [2.05, 4.69) is 30.9 Å². The number of para-hydroxylation sites is 1. The molecular formula is C19H16BrN3O4. The van der Waals surface area contributed by atoms with Gasteiger partial charge in [-0.1, -0.05) is 46.3 Å². The van der Waals surface area contributed by atoms with E-state index in [0.29, 0.717) is 10.9 Å². The maximum absolute atomic E-state index is 12.1. The van der Waals surface area contributed by atoms with Gasteiger partial charge in [0.2, 0.25) is 5.88 Å². The topological polar surface area (TPSA) is 93.2 Å². The number of nitrogens with zero attached hydrogens (tertiary/aromatic N) is 3. The molecule has 0 bridgehead atoms. The molecule has 0 saturated heterocycles. The lowest BCUT2D eigenvalue weighted by Crippen LogP contribution is -2.10. The van der Waals surface area contributed by atoms with Gasteiger partial charge in [0.05, 0.1) is 19.0 Å². The average molecular weight is 430 g/mol. The maximum Gasteiger partial charge on any atom is 0.325 e. The summed E-state index contributed by atoms with van der Waals surface area (Å²) in [4.78, 5) is 23.7. The van der Waals surface area contributed by atoms with E-state index in [-0.39, 0.29) is 24.5 Å². The van der Waals surface area contributed by atoms with Crippen molar-refractivity contribution in [3.05, 3.63) is 58.6 Å². The predicted octanol–water partition coefficient (Wildman–Crippen LogP) is 4.14. The smallest absolute Gasteiger partial charge is 0.325 e. The van der Waals surface area contributed by atoms with Gasteiger partial charge in [0.25, 0.3) is 5.91 Å². The lowest BCUT2D eigenvalue weighted by Gasteiger charge is -2.04. The van der Waals surface area contributed by atoms with Gasteiger partial charge in [-0.15, -0.1) is 10.2 Å². The number of rotatable bonds is 5. The van der Waals surface area contributed by atoms with Crippen molar-refractivity contribution < 1.29 is 19.4 Å². The first-order chi connectivity index (χ1) is 13.0. The van der Waals surface area contributed by atoms with Gasteiger partial charge in [0.1, 0.15) is 6.54 Å². The number of carbonyl (C=O) groups excluding carboxylic acids is 2. The van der Waals surface area contributed by atoms with Crippen LogP contribution >= 0.6 is 15.9 Å². The Kier molecular flexibility index (Phi) is 5.66. The number of esters is 1. The van der Waals surface area contributed by atoms with Crippen LogP contribution in [0.1, 0.15) is 5.56 Å². The lowest BCUT2D eigenvalue weighted by atomic mass is 10.1. The number of halogens is 1. The van der Waals surface area contributed by atoms with Gasteiger partial charge in [-0.2, -0.15) is 0 Å². The number of fused-ring (bicyclic) bond motifs is 1. The average Bonchev–Trinajstić information content (AvgIpc) is 2.93. The number of benzene rings is 2. The minimum Gasteiger partial charge on any atom is -0.493 e. The molecule has 0 saturated carbocycles. The zero-order valence-electron chi connectivity index (χ0n) is 14.4. The first-order valence-electron chi connectivity index (χ1n) is 8.05. The molecule has 0 aliphatic heterocycles. The number of aromatic hydroxyl groups is 1. The molecule has 2 aromatic carbocycles. The molecular weight excluding hydrogens is 414 g/mol. The Bertz CT molecular complexity index is 1030. The summed E-state index contributed by atoms with van der Waals surface area (Å²) in [5, 5.41) is 18.7. The van der Waals surface area contributed by atoms with Crippen molar-refractivity contribution in [1.82, 2.24) is 4.57 Å². The number of carbonyl (C=O) groups is 2. The molecule has 1 amide bonds. The Morgan fingerprint density at radius 1 is 1.15 bits per heavy atom. The molecule has 138 valence electrons. The summed E-state index contributed by atoms with van der Waals surface area (Å²) in [6.45, 7) is -0.175. The summed E-state index contributed by atoms with van der Waals surface area (Å²) in [6, 6.07) is 14.3. The van der Waals surface area contributed by atoms with E-state index in [1.807, 2.05) is 24.3 Å². The Morgan fingerprint density at radius 2 is 1.85 bits per heavy atom. The first-order valence-corrected chi connectivity index (χ1v) is 8.85. The zero-order valence-corrected chi connectivity index (χ0v) is 16.0. The molecule has 0 radical (unpaired) electrons. The molecule has 3 aromatic rings. The number of ether oxygens (including phenoxy) is 1.